The zero-order valence-electron chi connectivity index (χ0n) is 10.6. The molecule has 0 aliphatic rings. The van der Waals surface area contributed by atoms with Gasteiger partial charge in [-0.1, -0.05) is 24.0 Å². The summed E-state index contributed by atoms with van der Waals surface area (Å²) in [7, 11) is 0. The quantitative estimate of drug-likeness (QED) is 0.872. The van der Waals surface area contributed by atoms with Crippen LogP contribution >= 0.6 is 0 Å². The van der Waals surface area contributed by atoms with Gasteiger partial charge in [-0.3, -0.25) is 0 Å². The highest BCUT2D eigenvalue weighted by atomic mass is 19.1. The third-order valence-electron chi connectivity index (χ3n) is 2.53. The van der Waals surface area contributed by atoms with Gasteiger partial charge in [0, 0.05) is 6.07 Å². The van der Waals surface area contributed by atoms with Gasteiger partial charge in [0.1, 0.15) is 30.6 Å². The molecule has 1 N–H and O–H groups in total. The van der Waals surface area contributed by atoms with E-state index in [1.807, 2.05) is 0 Å². The van der Waals surface area contributed by atoms with E-state index in [2.05, 4.69) is 11.8 Å². The molecule has 0 saturated carbocycles. The van der Waals surface area contributed by atoms with Gasteiger partial charge in [-0.15, -0.1) is 0 Å². The van der Waals surface area contributed by atoms with E-state index in [0.717, 1.165) is 0 Å². The van der Waals surface area contributed by atoms with E-state index < -0.39 is 5.82 Å². The number of hydrogen-bond donors (Lipinski definition) is 1. The first-order valence-corrected chi connectivity index (χ1v) is 5.95. The van der Waals surface area contributed by atoms with Crippen LogP contribution in [0.25, 0.3) is 0 Å². The van der Waals surface area contributed by atoms with Gasteiger partial charge in [-0.25, -0.2) is 8.78 Å². The topological polar surface area (TPSA) is 29.5 Å². The molecule has 0 heterocycles. The molecule has 0 spiro atoms. The molecule has 0 unspecified atom stereocenters. The van der Waals surface area contributed by atoms with Crippen molar-refractivity contribution in [3.8, 4) is 17.6 Å². The molecule has 0 saturated heterocycles. The molecule has 2 aromatic rings. The summed E-state index contributed by atoms with van der Waals surface area (Å²) in [6.45, 7) is -0.152. The van der Waals surface area contributed by atoms with Gasteiger partial charge in [0.2, 0.25) is 0 Å². The molecule has 0 bridgehead atoms. The van der Waals surface area contributed by atoms with E-state index in [4.69, 9.17) is 9.84 Å². The summed E-state index contributed by atoms with van der Waals surface area (Å²) >= 11 is 0. The maximum absolute atomic E-state index is 13.4. The second kappa shape index (κ2) is 6.69. The second-order valence-electron chi connectivity index (χ2n) is 4.02. The lowest BCUT2D eigenvalue weighted by atomic mass is 10.1. The average molecular weight is 274 g/mol. The lowest BCUT2D eigenvalue weighted by molar-refractivity contribution is 0.304. The fourth-order valence-corrected chi connectivity index (χ4v) is 1.62. The van der Waals surface area contributed by atoms with Gasteiger partial charge in [-0.2, -0.15) is 0 Å². The molecule has 2 aromatic carbocycles. The van der Waals surface area contributed by atoms with Crippen LogP contribution in [0.2, 0.25) is 0 Å². The largest absolute Gasteiger partial charge is 0.489 e. The summed E-state index contributed by atoms with van der Waals surface area (Å²) in [6, 6.07) is 10.2. The predicted molar refractivity (Wildman–Crippen MR) is 71.1 cm³/mol. The Labute approximate surface area is 115 Å². The molecule has 0 fully saturated rings. The van der Waals surface area contributed by atoms with Gasteiger partial charge in [0.05, 0.1) is 5.56 Å². The third kappa shape index (κ3) is 3.81. The average Bonchev–Trinajstić information content (AvgIpc) is 2.45. The first-order valence-electron chi connectivity index (χ1n) is 5.95. The molecule has 0 atom stereocenters. The van der Waals surface area contributed by atoms with E-state index in [1.54, 1.807) is 18.2 Å². The first kappa shape index (κ1) is 14.0. The Hall–Kier alpha value is -2.38. The molecule has 4 heteroatoms. The second-order valence-corrected chi connectivity index (χ2v) is 4.02. The number of rotatable bonds is 3. The maximum Gasteiger partial charge on any atom is 0.138 e. The smallest absolute Gasteiger partial charge is 0.138 e. The van der Waals surface area contributed by atoms with Crippen molar-refractivity contribution < 1.29 is 18.6 Å². The lowest BCUT2D eigenvalue weighted by Crippen LogP contribution is -1.97. The SMILES string of the molecule is OCC#Cc1cc(COc2cccc(F)c2)ccc1F. The minimum atomic E-state index is -0.458. The zero-order valence-corrected chi connectivity index (χ0v) is 10.6. The molecule has 0 radical (unpaired) electrons. The molecular formula is C16H12F2O2. The number of aliphatic hydroxyl groups excluding tert-OH is 1. The highest BCUT2D eigenvalue weighted by molar-refractivity contribution is 5.38. The van der Waals surface area contributed by atoms with Crippen LogP contribution in [0.3, 0.4) is 0 Å². The molecular weight excluding hydrogens is 262 g/mol. The van der Waals surface area contributed by atoms with Crippen LogP contribution < -0.4 is 4.74 Å². The molecule has 20 heavy (non-hydrogen) atoms. The van der Waals surface area contributed by atoms with E-state index >= 15 is 0 Å². The Morgan fingerprint density at radius 3 is 2.70 bits per heavy atom. The summed E-state index contributed by atoms with van der Waals surface area (Å²) < 4.78 is 31.8. The van der Waals surface area contributed by atoms with Crippen LogP contribution in [-0.2, 0) is 6.61 Å². The number of ether oxygens (including phenoxy) is 1. The number of aliphatic hydroxyl groups is 1. The maximum atomic E-state index is 13.4. The minimum Gasteiger partial charge on any atom is -0.489 e. The fraction of sp³-hybridized carbons (Fsp3) is 0.125. The van der Waals surface area contributed by atoms with Gasteiger partial charge in [0.25, 0.3) is 0 Å². The van der Waals surface area contributed by atoms with Crippen LogP contribution in [0, 0.1) is 23.5 Å². The van der Waals surface area contributed by atoms with Crippen molar-refractivity contribution in [2.24, 2.45) is 0 Å². The van der Waals surface area contributed by atoms with Crippen molar-refractivity contribution in [1.29, 1.82) is 0 Å². The summed E-state index contributed by atoms with van der Waals surface area (Å²) in [5.41, 5.74) is 0.900. The van der Waals surface area contributed by atoms with Crippen LogP contribution in [-0.4, -0.2) is 11.7 Å². The summed E-state index contributed by atoms with van der Waals surface area (Å²) in [4.78, 5) is 0. The minimum absolute atomic E-state index is 0.178. The van der Waals surface area contributed by atoms with Crippen LogP contribution in [0.15, 0.2) is 42.5 Å². The van der Waals surface area contributed by atoms with Crippen molar-refractivity contribution in [3.63, 3.8) is 0 Å². The van der Waals surface area contributed by atoms with Gasteiger partial charge < -0.3 is 9.84 Å². The Bertz CT molecular complexity index is 657. The Kier molecular flexibility index (Phi) is 4.70. The van der Waals surface area contributed by atoms with E-state index in [9.17, 15) is 8.78 Å². The summed E-state index contributed by atoms with van der Waals surface area (Å²) in [6.07, 6.45) is 0. The van der Waals surface area contributed by atoms with Crippen molar-refractivity contribution >= 4 is 0 Å². The zero-order chi connectivity index (χ0) is 14.4. The van der Waals surface area contributed by atoms with Gasteiger partial charge in [0.15, 0.2) is 0 Å². The van der Waals surface area contributed by atoms with Crippen molar-refractivity contribution in [3.05, 3.63) is 65.2 Å². The van der Waals surface area contributed by atoms with Crippen molar-refractivity contribution in [2.45, 2.75) is 6.61 Å². The first-order chi connectivity index (χ1) is 9.69. The standard InChI is InChI=1S/C16H12F2O2/c17-14-4-1-5-15(10-14)20-11-12-6-7-16(18)13(9-12)3-2-8-19/h1,4-7,9-10,19H,8,11H2. The number of hydrogen-bond acceptors (Lipinski definition) is 2. The predicted octanol–water partition coefficient (Wildman–Crippen LogP) is 2.89. The van der Waals surface area contributed by atoms with Crippen LogP contribution in [0.1, 0.15) is 11.1 Å². The molecule has 2 rings (SSSR count). The fourth-order valence-electron chi connectivity index (χ4n) is 1.62. The molecule has 0 amide bonds. The Morgan fingerprint density at radius 1 is 1.10 bits per heavy atom. The van der Waals surface area contributed by atoms with E-state index in [-0.39, 0.29) is 24.6 Å². The summed E-state index contributed by atoms with van der Waals surface area (Å²) in [5, 5.41) is 8.61. The summed E-state index contributed by atoms with van der Waals surface area (Å²) in [5.74, 6) is 4.47. The van der Waals surface area contributed by atoms with Crippen LogP contribution in [0.5, 0.6) is 5.75 Å². The monoisotopic (exact) mass is 274 g/mol. The van der Waals surface area contributed by atoms with Crippen molar-refractivity contribution in [2.75, 3.05) is 6.61 Å². The highest BCUT2D eigenvalue weighted by Gasteiger charge is 2.03. The van der Waals surface area contributed by atoms with Crippen molar-refractivity contribution in [1.82, 2.24) is 0 Å². The number of halogens is 2. The van der Waals surface area contributed by atoms with Gasteiger partial charge in [-0.05, 0) is 29.8 Å². The Morgan fingerprint density at radius 2 is 1.95 bits per heavy atom. The molecule has 2 nitrogen and oxygen atoms in total. The van der Waals surface area contributed by atoms with Gasteiger partial charge >= 0.3 is 0 Å². The Balaban J connectivity index is 2.10. The van der Waals surface area contributed by atoms with E-state index in [1.165, 1.54) is 24.3 Å². The van der Waals surface area contributed by atoms with Crippen LogP contribution in [0.4, 0.5) is 8.78 Å². The molecule has 0 aromatic heterocycles. The molecule has 0 aliphatic carbocycles. The highest BCUT2D eigenvalue weighted by Crippen LogP contribution is 2.15. The molecule has 102 valence electrons. The molecule has 0 aliphatic heterocycles. The third-order valence-corrected chi connectivity index (χ3v) is 2.53. The van der Waals surface area contributed by atoms with E-state index in [0.29, 0.717) is 11.3 Å². The lowest BCUT2D eigenvalue weighted by Gasteiger charge is -2.07. The normalized spacial score (nSPS) is 9.75. The number of benzene rings is 2.